The van der Waals surface area contributed by atoms with Crippen molar-refractivity contribution < 1.29 is 18.8 Å². The Kier molecular flexibility index (Phi) is 7.22. The van der Waals surface area contributed by atoms with Crippen LogP contribution >= 0.6 is 11.8 Å². The van der Waals surface area contributed by atoms with E-state index in [1.54, 1.807) is 43.3 Å². The summed E-state index contributed by atoms with van der Waals surface area (Å²) in [6.45, 7) is 1.73. The molecule has 1 fully saturated rings. The first-order valence-corrected chi connectivity index (χ1v) is 13.2. The molecule has 0 radical (unpaired) electrons. The van der Waals surface area contributed by atoms with E-state index in [1.165, 1.54) is 28.6 Å². The number of nitro benzene ring substituents is 1. The van der Waals surface area contributed by atoms with Crippen LogP contribution in [0.2, 0.25) is 0 Å². The number of allylic oxidation sites excluding steroid dienone is 1. The number of hydrogen-bond donors (Lipinski definition) is 1. The van der Waals surface area contributed by atoms with Crippen LogP contribution in [0.25, 0.3) is 0 Å². The molecule has 2 heterocycles. The van der Waals surface area contributed by atoms with Crippen LogP contribution in [0.4, 0.5) is 16.0 Å². The summed E-state index contributed by atoms with van der Waals surface area (Å²) in [5.41, 5.74) is 1.43. The molecule has 1 saturated carbocycles. The second kappa shape index (κ2) is 10.7. The van der Waals surface area contributed by atoms with Crippen LogP contribution in [-0.4, -0.2) is 31.8 Å². The number of esters is 1. The largest absolute Gasteiger partial charge is 0.459 e. The number of hydrogen-bond acceptors (Lipinski definition) is 8. The molecule has 37 heavy (non-hydrogen) atoms. The minimum Gasteiger partial charge on any atom is -0.459 e. The van der Waals surface area contributed by atoms with Gasteiger partial charge in [0.2, 0.25) is 11.1 Å². The van der Waals surface area contributed by atoms with Gasteiger partial charge in [0.25, 0.3) is 5.69 Å². The first-order chi connectivity index (χ1) is 17.9. The maximum Gasteiger partial charge on any atom is 0.338 e. The molecule has 3 aromatic rings. The second-order valence-electron chi connectivity index (χ2n) is 9.09. The molecule has 1 aromatic heterocycles. The smallest absolute Gasteiger partial charge is 0.338 e. The van der Waals surface area contributed by atoms with Crippen LogP contribution in [0.1, 0.15) is 56.2 Å². The molecule has 0 saturated heterocycles. The average Bonchev–Trinajstić information content (AvgIpc) is 3.30. The van der Waals surface area contributed by atoms with Crippen LogP contribution in [0.3, 0.4) is 0 Å². The fourth-order valence-electron chi connectivity index (χ4n) is 4.79. The van der Waals surface area contributed by atoms with Gasteiger partial charge in [0.1, 0.15) is 18.0 Å². The fourth-order valence-corrected chi connectivity index (χ4v) is 5.60. The van der Waals surface area contributed by atoms with Gasteiger partial charge in [0.05, 0.1) is 16.1 Å². The van der Waals surface area contributed by atoms with Crippen molar-refractivity contribution >= 4 is 29.4 Å². The zero-order valence-corrected chi connectivity index (χ0v) is 21.0. The Morgan fingerprint density at radius 1 is 1.19 bits per heavy atom. The molecule has 1 aliphatic heterocycles. The third kappa shape index (κ3) is 5.22. The Morgan fingerprint density at radius 2 is 1.92 bits per heavy atom. The molecule has 0 amide bonds. The third-order valence-electron chi connectivity index (χ3n) is 6.62. The lowest BCUT2D eigenvalue weighted by atomic mass is 9.94. The number of benzene rings is 2. The van der Waals surface area contributed by atoms with Crippen molar-refractivity contribution in [2.45, 2.75) is 62.1 Å². The lowest BCUT2D eigenvalue weighted by Crippen LogP contribution is -2.32. The number of para-hydroxylation sites is 1. The Labute approximate surface area is 217 Å². The maximum atomic E-state index is 14.1. The molecule has 2 aromatic carbocycles. The minimum atomic E-state index is -0.913. The third-order valence-corrected chi connectivity index (χ3v) is 7.51. The second-order valence-corrected chi connectivity index (χ2v) is 10.0. The van der Waals surface area contributed by atoms with Crippen molar-refractivity contribution in [3.05, 3.63) is 86.9 Å². The van der Waals surface area contributed by atoms with Gasteiger partial charge >= 0.3 is 5.97 Å². The van der Waals surface area contributed by atoms with E-state index in [0.717, 1.165) is 32.1 Å². The number of aromatic nitrogens is 3. The summed E-state index contributed by atoms with van der Waals surface area (Å²) in [5, 5.41) is 20.0. The number of halogens is 1. The maximum absolute atomic E-state index is 14.1. The van der Waals surface area contributed by atoms with E-state index in [0.29, 0.717) is 33.7 Å². The predicted molar refractivity (Wildman–Crippen MR) is 137 cm³/mol. The monoisotopic (exact) mass is 523 g/mol. The van der Waals surface area contributed by atoms with Gasteiger partial charge in [-0.15, -0.1) is 5.10 Å². The number of anilines is 1. The topological polar surface area (TPSA) is 112 Å². The highest BCUT2D eigenvalue weighted by Gasteiger charge is 2.39. The summed E-state index contributed by atoms with van der Waals surface area (Å²) in [4.78, 5) is 29.5. The number of ether oxygens (including phenoxy) is 1. The number of fused-ring (bicyclic) bond motifs is 1. The number of nitrogens with one attached hydrogen (secondary N) is 1. The van der Waals surface area contributed by atoms with Gasteiger partial charge in [-0.3, -0.25) is 10.1 Å². The number of nitrogens with zero attached hydrogens (tertiary/aromatic N) is 4. The number of thioether (sulfide) groups is 1. The van der Waals surface area contributed by atoms with E-state index in [4.69, 9.17) is 4.74 Å². The molecule has 1 aliphatic carbocycles. The Balaban J connectivity index is 1.52. The standard InChI is InChI=1S/C26H26FN5O4S/c1-16-22(24(33)36-18-10-3-2-4-11-18)23(19-12-6-8-14-21(19)32(34)35)31-25(28-16)29-26(30-31)37-15-17-9-5-7-13-20(17)27/h5-9,12-14,18,23H,2-4,10-11,15H2,1H3,(H,28,29,30). The van der Waals surface area contributed by atoms with Gasteiger partial charge < -0.3 is 10.1 Å². The van der Waals surface area contributed by atoms with Gasteiger partial charge in [-0.2, -0.15) is 4.98 Å². The van der Waals surface area contributed by atoms with Crippen molar-refractivity contribution in [1.82, 2.24) is 14.8 Å². The van der Waals surface area contributed by atoms with E-state index < -0.39 is 16.9 Å². The van der Waals surface area contributed by atoms with E-state index in [2.05, 4.69) is 15.4 Å². The summed E-state index contributed by atoms with van der Waals surface area (Å²) in [7, 11) is 0. The van der Waals surface area contributed by atoms with Crippen molar-refractivity contribution in [1.29, 1.82) is 0 Å². The molecule has 0 bridgehead atoms. The molecular formula is C26H26FN5O4S. The molecule has 1 unspecified atom stereocenters. The molecule has 5 rings (SSSR count). The molecule has 11 heteroatoms. The first-order valence-electron chi connectivity index (χ1n) is 12.2. The van der Waals surface area contributed by atoms with E-state index in [-0.39, 0.29) is 23.2 Å². The summed E-state index contributed by atoms with van der Waals surface area (Å²) in [6, 6.07) is 11.8. The lowest BCUT2D eigenvalue weighted by molar-refractivity contribution is -0.385. The predicted octanol–water partition coefficient (Wildman–Crippen LogP) is 5.78. The van der Waals surface area contributed by atoms with Crippen molar-refractivity contribution in [3.63, 3.8) is 0 Å². The van der Waals surface area contributed by atoms with Crippen molar-refractivity contribution in [2.75, 3.05) is 5.32 Å². The fraction of sp³-hybridized carbons (Fsp3) is 0.346. The van der Waals surface area contributed by atoms with E-state index in [1.807, 2.05) is 0 Å². The zero-order valence-electron chi connectivity index (χ0n) is 20.2. The van der Waals surface area contributed by atoms with Crippen molar-refractivity contribution in [3.8, 4) is 0 Å². The van der Waals surface area contributed by atoms with Crippen LogP contribution in [-0.2, 0) is 15.3 Å². The summed E-state index contributed by atoms with van der Waals surface area (Å²) < 4.78 is 21.5. The normalized spacial score (nSPS) is 17.7. The summed E-state index contributed by atoms with van der Waals surface area (Å²) >= 11 is 1.24. The van der Waals surface area contributed by atoms with E-state index in [9.17, 15) is 19.3 Å². The molecule has 192 valence electrons. The molecule has 0 spiro atoms. The molecule has 2 aliphatic rings. The Hall–Kier alpha value is -3.73. The van der Waals surface area contributed by atoms with E-state index >= 15 is 0 Å². The van der Waals surface area contributed by atoms with Gasteiger partial charge in [0.15, 0.2) is 0 Å². The van der Waals surface area contributed by atoms with Crippen LogP contribution in [0.5, 0.6) is 0 Å². The quantitative estimate of drug-likeness (QED) is 0.179. The van der Waals surface area contributed by atoms with Crippen molar-refractivity contribution in [2.24, 2.45) is 0 Å². The highest BCUT2D eigenvalue weighted by Crippen LogP contribution is 2.40. The first kappa shape index (κ1) is 24.9. The number of rotatable bonds is 7. The van der Waals surface area contributed by atoms with Gasteiger partial charge in [-0.1, -0.05) is 48.5 Å². The highest BCUT2D eigenvalue weighted by atomic mass is 32.2. The SMILES string of the molecule is CC1=C(C(=O)OC2CCCCC2)C(c2ccccc2[N+](=O)[O-])n2nc(SCc3ccccc3F)nc2N1. The van der Waals surface area contributed by atoms with Crippen LogP contribution in [0, 0.1) is 15.9 Å². The number of nitro groups is 1. The highest BCUT2D eigenvalue weighted by molar-refractivity contribution is 7.98. The molecule has 1 atom stereocenters. The zero-order chi connectivity index (χ0) is 25.9. The summed E-state index contributed by atoms with van der Waals surface area (Å²) in [5.74, 6) is -0.206. The molecule has 1 N–H and O–H groups in total. The molecule has 9 nitrogen and oxygen atoms in total. The lowest BCUT2D eigenvalue weighted by Gasteiger charge is -2.29. The van der Waals surface area contributed by atoms with Gasteiger partial charge in [0, 0.05) is 17.5 Å². The Morgan fingerprint density at radius 3 is 2.68 bits per heavy atom. The average molecular weight is 524 g/mol. The Bertz CT molecular complexity index is 1370. The number of carbonyl (C=O) groups is 1. The van der Waals surface area contributed by atoms with Gasteiger partial charge in [-0.05, 0) is 50.3 Å². The number of carbonyl (C=O) groups excluding carboxylic acids is 1. The minimum absolute atomic E-state index is 0.132. The van der Waals surface area contributed by atoms with Crippen LogP contribution in [0.15, 0.2) is 65.0 Å². The summed E-state index contributed by atoms with van der Waals surface area (Å²) in [6.07, 6.45) is 4.53. The van der Waals surface area contributed by atoms with Crippen LogP contribution < -0.4 is 5.32 Å². The van der Waals surface area contributed by atoms with Gasteiger partial charge in [-0.25, -0.2) is 13.9 Å². The molecular weight excluding hydrogens is 497 g/mol.